The highest BCUT2D eigenvalue weighted by molar-refractivity contribution is 5.62. The van der Waals surface area contributed by atoms with Crippen LogP contribution in [-0.2, 0) is 6.42 Å². The minimum atomic E-state index is 0.345. The van der Waals surface area contributed by atoms with Crippen molar-refractivity contribution in [1.82, 2.24) is 0 Å². The molecular formula is C29H31NO. The van der Waals surface area contributed by atoms with Gasteiger partial charge >= 0.3 is 0 Å². The molecule has 2 heteroatoms. The summed E-state index contributed by atoms with van der Waals surface area (Å²) in [5, 5.41) is 3.90. The second kappa shape index (κ2) is 8.26. The number of hydrogen-bond donors (Lipinski definition) is 1. The number of ether oxygens (including phenoxy) is 1. The molecule has 0 spiro atoms. The van der Waals surface area contributed by atoms with Crippen LogP contribution in [0.4, 0.5) is 5.69 Å². The molecule has 1 heterocycles. The van der Waals surface area contributed by atoms with Crippen LogP contribution >= 0.6 is 0 Å². The van der Waals surface area contributed by atoms with Gasteiger partial charge in [0.05, 0.1) is 12.6 Å². The molecule has 0 aromatic heterocycles. The van der Waals surface area contributed by atoms with Crippen LogP contribution in [0.15, 0.2) is 72.8 Å². The SMILES string of the molecule is Cc1cc(C)c(C2Nc3ccc(OCCc4ccccc4)cc3C3C=CCC32)c(C)c1. The van der Waals surface area contributed by atoms with Gasteiger partial charge in [-0.3, -0.25) is 0 Å². The molecule has 1 aliphatic heterocycles. The molecule has 158 valence electrons. The van der Waals surface area contributed by atoms with Crippen LogP contribution in [0, 0.1) is 26.7 Å². The summed E-state index contributed by atoms with van der Waals surface area (Å²) in [4.78, 5) is 0. The van der Waals surface area contributed by atoms with E-state index in [9.17, 15) is 0 Å². The third-order valence-corrected chi connectivity index (χ3v) is 6.89. The molecule has 5 rings (SSSR count). The van der Waals surface area contributed by atoms with Crippen molar-refractivity contribution in [2.24, 2.45) is 5.92 Å². The Hall–Kier alpha value is -3.00. The lowest BCUT2D eigenvalue weighted by Gasteiger charge is -2.39. The quantitative estimate of drug-likeness (QED) is 0.455. The summed E-state index contributed by atoms with van der Waals surface area (Å²) in [6.07, 6.45) is 6.81. The van der Waals surface area contributed by atoms with Gasteiger partial charge < -0.3 is 10.1 Å². The second-order valence-corrected chi connectivity index (χ2v) is 9.12. The number of fused-ring (bicyclic) bond motifs is 3. The van der Waals surface area contributed by atoms with Gasteiger partial charge in [-0.25, -0.2) is 0 Å². The van der Waals surface area contributed by atoms with Crippen molar-refractivity contribution in [2.75, 3.05) is 11.9 Å². The van der Waals surface area contributed by atoms with Crippen molar-refractivity contribution < 1.29 is 4.74 Å². The minimum Gasteiger partial charge on any atom is -0.493 e. The predicted molar refractivity (Wildman–Crippen MR) is 129 cm³/mol. The molecule has 2 aliphatic rings. The molecule has 0 amide bonds. The van der Waals surface area contributed by atoms with Gasteiger partial charge in [0, 0.05) is 18.0 Å². The summed E-state index contributed by atoms with van der Waals surface area (Å²) in [7, 11) is 0. The first-order valence-corrected chi connectivity index (χ1v) is 11.4. The van der Waals surface area contributed by atoms with E-state index in [1.165, 1.54) is 39.1 Å². The van der Waals surface area contributed by atoms with Crippen LogP contribution in [0.1, 0.15) is 51.8 Å². The van der Waals surface area contributed by atoms with Gasteiger partial charge in [0.25, 0.3) is 0 Å². The Morgan fingerprint density at radius 1 is 0.935 bits per heavy atom. The van der Waals surface area contributed by atoms with E-state index in [4.69, 9.17) is 4.74 Å². The van der Waals surface area contributed by atoms with Gasteiger partial charge in [-0.05, 0) is 79.1 Å². The molecule has 1 aliphatic carbocycles. The summed E-state index contributed by atoms with van der Waals surface area (Å²) in [6, 6.07) is 22.1. The van der Waals surface area contributed by atoms with Crippen molar-refractivity contribution >= 4 is 5.69 Å². The van der Waals surface area contributed by atoms with Crippen LogP contribution < -0.4 is 10.1 Å². The third-order valence-electron chi connectivity index (χ3n) is 6.89. The van der Waals surface area contributed by atoms with Gasteiger partial charge in [0.1, 0.15) is 5.75 Å². The topological polar surface area (TPSA) is 21.3 Å². The molecule has 2 nitrogen and oxygen atoms in total. The van der Waals surface area contributed by atoms with Gasteiger partial charge in [-0.1, -0.05) is 60.2 Å². The Morgan fingerprint density at radius 3 is 2.48 bits per heavy atom. The molecule has 0 bridgehead atoms. The summed E-state index contributed by atoms with van der Waals surface area (Å²) < 4.78 is 6.14. The summed E-state index contributed by atoms with van der Waals surface area (Å²) >= 11 is 0. The monoisotopic (exact) mass is 409 g/mol. The average Bonchev–Trinajstić information content (AvgIpc) is 3.24. The Morgan fingerprint density at radius 2 is 1.71 bits per heavy atom. The van der Waals surface area contributed by atoms with E-state index in [2.05, 4.69) is 98.9 Å². The molecule has 3 aromatic rings. The van der Waals surface area contributed by atoms with E-state index >= 15 is 0 Å². The minimum absolute atomic E-state index is 0.345. The Bertz CT molecular complexity index is 1090. The fraction of sp³-hybridized carbons (Fsp3) is 0.310. The van der Waals surface area contributed by atoms with E-state index in [1.807, 2.05) is 0 Å². The van der Waals surface area contributed by atoms with Gasteiger partial charge in [-0.2, -0.15) is 0 Å². The number of nitrogens with one attached hydrogen (secondary N) is 1. The maximum absolute atomic E-state index is 6.14. The standard InChI is InChI=1S/C29H31NO/c1-19-16-20(2)28(21(3)17-19)29-25-11-7-10-24(25)26-18-23(12-13-27(26)30-29)31-15-14-22-8-5-4-6-9-22/h4-10,12-13,16-18,24-25,29-30H,11,14-15H2,1-3H3. The van der Waals surface area contributed by atoms with Gasteiger partial charge in [0.2, 0.25) is 0 Å². The zero-order chi connectivity index (χ0) is 21.4. The number of hydrogen-bond acceptors (Lipinski definition) is 2. The first kappa shape index (κ1) is 19.9. The van der Waals surface area contributed by atoms with Crippen molar-refractivity contribution in [3.8, 4) is 5.75 Å². The van der Waals surface area contributed by atoms with E-state index in [-0.39, 0.29) is 0 Å². The first-order valence-electron chi connectivity index (χ1n) is 11.4. The van der Waals surface area contributed by atoms with Crippen molar-refractivity contribution in [3.05, 3.63) is 106 Å². The van der Waals surface area contributed by atoms with Crippen molar-refractivity contribution in [2.45, 2.75) is 45.6 Å². The Balaban J connectivity index is 1.39. The highest BCUT2D eigenvalue weighted by Gasteiger charge is 2.39. The van der Waals surface area contributed by atoms with Crippen LogP contribution in [0.5, 0.6) is 5.75 Å². The summed E-state index contributed by atoms with van der Waals surface area (Å²) in [5.74, 6) is 1.96. The summed E-state index contributed by atoms with van der Waals surface area (Å²) in [6.45, 7) is 7.40. The molecule has 3 unspecified atom stereocenters. The normalized spacial score (nSPS) is 21.3. The molecule has 0 fully saturated rings. The average molecular weight is 410 g/mol. The molecule has 0 saturated carbocycles. The zero-order valence-corrected chi connectivity index (χ0v) is 18.7. The van der Waals surface area contributed by atoms with E-state index in [0.29, 0.717) is 24.5 Å². The van der Waals surface area contributed by atoms with Crippen LogP contribution in [-0.4, -0.2) is 6.61 Å². The fourth-order valence-electron chi connectivity index (χ4n) is 5.56. The third kappa shape index (κ3) is 3.87. The molecule has 3 aromatic carbocycles. The molecule has 0 radical (unpaired) electrons. The predicted octanol–water partition coefficient (Wildman–Crippen LogP) is 7.06. The van der Waals surface area contributed by atoms with Gasteiger partial charge in [0.15, 0.2) is 0 Å². The maximum Gasteiger partial charge on any atom is 0.119 e. The highest BCUT2D eigenvalue weighted by Crippen LogP contribution is 2.51. The molecule has 31 heavy (non-hydrogen) atoms. The second-order valence-electron chi connectivity index (χ2n) is 9.12. The van der Waals surface area contributed by atoms with Crippen molar-refractivity contribution in [3.63, 3.8) is 0 Å². The zero-order valence-electron chi connectivity index (χ0n) is 18.7. The highest BCUT2D eigenvalue weighted by atomic mass is 16.5. The Kier molecular flexibility index (Phi) is 5.31. The molecule has 0 saturated heterocycles. The fourth-order valence-corrected chi connectivity index (χ4v) is 5.56. The lowest BCUT2D eigenvalue weighted by atomic mass is 9.75. The largest absolute Gasteiger partial charge is 0.493 e. The summed E-state index contributed by atoms with van der Waals surface area (Å²) in [5.41, 5.74) is 9.52. The smallest absolute Gasteiger partial charge is 0.119 e. The van der Waals surface area contributed by atoms with Crippen LogP contribution in [0.3, 0.4) is 0 Å². The van der Waals surface area contributed by atoms with Crippen LogP contribution in [0.2, 0.25) is 0 Å². The Labute approximate surface area is 186 Å². The van der Waals surface area contributed by atoms with Crippen molar-refractivity contribution in [1.29, 1.82) is 0 Å². The van der Waals surface area contributed by atoms with Crippen LogP contribution in [0.25, 0.3) is 0 Å². The van der Waals surface area contributed by atoms with E-state index in [0.717, 1.165) is 18.6 Å². The number of rotatable bonds is 5. The van der Waals surface area contributed by atoms with E-state index in [1.54, 1.807) is 0 Å². The van der Waals surface area contributed by atoms with Gasteiger partial charge in [-0.15, -0.1) is 0 Å². The molecular weight excluding hydrogens is 378 g/mol. The van der Waals surface area contributed by atoms with E-state index < -0.39 is 0 Å². The number of benzene rings is 3. The number of anilines is 1. The maximum atomic E-state index is 6.14. The lowest BCUT2D eigenvalue weighted by Crippen LogP contribution is -2.30. The molecule has 3 atom stereocenters. The molecule has 1 N–H and O–H groups in total. The first-order chi connectivity index (χ1) is 15.1. The lowest BCUT2D eigenvalue weighted by molar-refractivity contribution is 0.320. The number of allylic oxidation sites excluding steroid dienone is 2. The number of aryl methyl sites for hydroxylation is 3.